The van der Waals surface area contributed by atoms with E-state index < -0.39 is 26.7 Å². The maximum atomic E-state index is 11.5. The maximum absolute atomic E-state index is 11.5. The van der Waals surface area contributed by atoms with E-state index in [2.05, 4.69) is 6.58 Å². The van der Waals surface area contributed by atoms with Gasteiger partial charge in [0.15, 0.2) is 5.78 Å². The predicted molar refractivity (Wildman–Crippen MR) is 53.1 cm³/mol. The lowest BCUT2D eigenvalue weighted by Gasteiger charge is -2.27. The highest BCUT2D eigenvalue weighted by Gasteiger charge is 2.41. The first-order valence-corrected chi connectivity index (χ1v) is 5.43. The van der Waals surface area contributed by atoms with Gasteiger partial charge in [-0.2, -0.15) is 8.42 Å². The Balaban J connectivity index is 5.17. The van der Waals surface area contributed by atoms with E-state index in [-0.39, 0.29) is 5.57 Å². The Bertz CT molecular complexity index is 356. The van der Waals surface area contributed by atoms with Gasteiger partial charge in [-0.05, 0) is 26.3 Å². The van der Waals surface area contributed by atoms with Gasteiger partial charge in [-0.15, -0.1) is 0 Å². The zero-order chi connectivity index (χ0) is 11.7. The molecule has 14 heavy (non-hydrogen) atoms. The van der Waals surface area contributed by atoms with Crippen molar-refractivity contribution in [1.82, 2.24) is 0 Å². The molecule has 0 aromatic heterocycles. The van der Waals surface area contributed by atoms with E-state index in [1.807, 2.05) is 0 Å². The van der Waals surface area contributed by atoms with Gasteiger partial charge in [-0.1, -0.05) is 6.58 Å². The normalized spacial score (nSPS) is 14.9. The number of carbonyl (C=O) groups excluding carboxylic acids is 1. The molecule has 1 unspecified atom stereocenters. The fourth-order valence-electron chi connectivity index (χ4n) is 1.05. The van der Waals surface area contributed by atoms with E-state index in [0.29, 0.717) is 0 Å². The molecule has 0 bridgehead atoms. The standard InChI is InChI=1S/C8H15NO4S/c1-5(2)6(10)8(3,4)7(9)14(11,12)13/h7H,1,9H2,2-4H3,(H,11,12,13). The van der Waals surface area contributed by atoms with E-state index in [1.165, 1.54) is 20.8 Å². The second-order valence-electron chi connectivity index (χ2n) is 3.77. The van der Waals surface area contributed by atoms with Crippen LogP contribution in [0.15, 0.2) is 12.2 Å². The second kappa shape index (κ2) is 3.80. The van der Waals surface area contributed by atoms with Crippen LogP contribution < -0.4 is 5.73 Å². The van der Waals surface area contributed by atoms with Crippen LogP contribution in [-0.2, 0) is 14.9 Å². The van der Waals surface area contributed by atoms with Crippen LogP contribution in [0.5, 0.6) is 0 Å². The zero-order valence-corrected chi connectivity index (χ0v) is 9.26. The van der Waals surface area contributed by atoms with Gasteiger partial charge in [0.25, 0.3) is 10.1 Å². The first-order valence-electron chi connectivity index (χ1n) is 3.93. The van der Waals surface area contributed by atoms with Crippen LogP contribution in [0, 0.1) is 5.41 Å². The van der Waals surface area contributed by atoms with Crippen molar-refractivity contribution in [3.8, 4) is 0 Å². The minimum absolute atomic E-state index is 0.203. The molecular weight excluding hydrogens is 206 g/mol. The third-order valence-corrected chi connectivity index (χ3v) is 3.24. The number of ketones is 1. The third kappa shape index (κ3) is 2.63. The van der Waals surface area contributed by atoms with Crippen LogP contribution >= 0.6 is 0 Å². The lowest BCUT2D eigenvalue weighted by Crippen LogP contribution is -2.48. The molecule has 0 aromatic carbocycles. The summed E-state index contributed by atoms with van der Waals surface area (Å²) in [7, 11) is -4.42. The van der Waals surface area contributed by atoms with Crippen LogP contribution in [-0.4, -0.2) is 24.1 Å². The topological polar surface area (TPSA) is 97.5 Å². The average molecular weight is 221 g/mol. The lowest BCUT2D eigenvalue weighted by molar-refractivity contribution is -0.123. The average Bonchev–Trinajstić information content (AvgIpc) is 1.99. The molecule has 6 heteroatoms. The zero-order valence-electron chi connectivity index (χ0n) is 8.44. The van der Waals surface area contributed by atoms with Gasteiger partial charge in [-0.3, -0.25) is 9.35 Å². The summed E-state index contributed by atoms with van der Waals surface area (Å²) < 4.78 is 30.2. The van der Waals surface area contributed by atoms with E-state index in [0.717, 1.165) is 0 Å². The highest BCUT2D eigenvalue weighted by molar-refractivity contribution is 7.86. The van der Waals surface area contributed by atoms with Crippen molar-refractivity contribution in [3.63, 3.8) is 0 Å². The molecule has 0 aromatic rings. The quantitative estimate of drug-likeness (QED) is 0.526. The Morgan fingerprint density at radius 3 is 2.07 bits per heavy atom. The summed E-state index contributed by atoms with van der Waals surface area (Å²) in [5, 5.41) is -1.64. The molecule has 0 fully saturated rings. The highest BCUT2D eigenvalue weighted by atomic mass is 32.2. The molecule has 1 atom stereocenters. The van der Waals surface area contributed by atoms with Crippen LogP contribution in [0.1, 0.15) is 20.8 Å². The van der Waals surface area contributed by atoms with Gasteiger partial charge in [0.2, 0.25) is 0 Å². The van der Waals surface area contributed by atoms with E-state index in [9.17, 15) is 13.2 Å². The fraction of sp³-hybridized carbons (Fsp3) is 0.625. The molecule has 0 rings (SSSR count). The first-order chi connectivity index (χ1) is 6.01. The summed E-state index contributed by atoms with van der Waals surface area (Å²) in [5.74, 6) is -0.484. The van der Waals surface area contributed by atoms with Crippen molar-refractivity contribution in [3.05, 3.63) is 12.2 Å². The number of allylic oxidation sites excluding steroid dienone is 1. The molecule has 0 aliphatic carbocycles. The molecule has 0 spiro atoms. The Morgan fingerprint density at radius 2 is 1.86 bits per heavy atom. The van der Waals surface area contributed by atoms with E-state index in [4.69, 9.17) is 10.3 Å². The van der Waals surface area contributed by atoms with Crippen molar-refractivity contribution >= 4 is 15.9 Å². The van der Waals surface area contributed by atoms with E-state index >= 15 is 0 Å². The summed E-state index contributed by atoms with van der Waals surface area (Å²) in [6, 6.07) is 0. The highest BCUT2D eigenvalue weighted by Crippen LogP contribution is 2.26. The van der Waals surface area contributed by atoms with Crippen LogP contribution in [0.4, 0.5) is 0 Å². The number of rotatable bonds is 4. The molecular formula is C8H15NO4S. The Kier molecular flexibility index (Phi) is 3.60. The van der Waals surface area contributed by atoms with Crippen molar-refractivity contribution in [2.24, 2.45) is 11.1 Å². The number of nitrogens with two attached hydrogens (primary N) is 1. The lowest BCUT2D eigenvalue weighted by atomic mass is 9.85. The summed E-state index contributed by atoms with van der Waals surface area (Å²) in [4.78, 5) is 11.5. The molecule has 0 saturated heterocycles. The number of hydrogen-bond acceptors (Lipinski definition) is 4. The summed E-state index contributed by atoms with van der Waals surface area (Å²) in [6.45, 7) is 7.56. The summed E-state index contributed by atoms with van der Waals surface area (Å²) in [5.41, 5.74) is 4.09. The number of carbonyl (C=O) groups is 1. The Hall–Kier alpha value is -0.720. The number of hydrogen-bond donors (Lipinski definition) is 2. The van der Waals surface area contributed by atoms with Crippen LogP contribution in [0.2, 0.25) is 0 Å². The molecule has 82 valence electrons. The fourth-order valence-corrected chi connectivity index (χ4v) is 1.90. The summed E-state index contributed by atoms with van der Waals surface area (Å²) >= 11 is 0. The minimum Gasteiger partial charge on any atom is -0.312 e. The van der Waals surface area contributed by atoms with Gasteiger partial charge in [0, 0.05) is 0 Å². The molecule has 0 radical (unpaired) electrons. The Labute approximate surface area is 83.7 Å². The molecule has 3 N–H and O–H groups in total. The van der Waals surface area contributed by atoms with Crippen LogP contribution in [0.3, 0.4) is 0 Å². The maximum Gasteiger partial charge on any atom is 0.281 e. The number of Topliss-reactive ketones (excluding diaryl/α,β-unsaturated/α-hetero) is 1. The molecule has 0 aliphatic rings. The SMILES string of the molecule is C=C(C)C(=O)C(C)(C)C(N)S(=O)(=O)O. The minimum atomic E-state index is -4.42. The molecule has 0 amide bonds. The van der Waals surface area contributed by atoms with Gasteiger partial charge in [0.1, 0.15) is 5.37 Å². The van der Waals surface area contributed by atoms with Crippen molar-refractivity contribution in [2.75, 3.05) is 0 Å². The monoisotopic (exact) mass is 221 g/mol. The first kappa shape index (κ1) is 13.3. The molecule has 0 heterocycles. The Morgan fingerprint density at radius 1 is 1.50 bits per heavy atom. The van der Waals surface area contributed by atoms with Gasteiger partial charge in [-0.25, -0.2) is 0 Å². The second-order valence-corrected chi connectivity index (χ2v) is 5.30. The molecule has 0 aliphatic heterocycles. The van der Waals surface area contributed by atoms with Crippen LogP contribution in [0.25, 0.3) is 0 Å². The van der Waals surface area contributed by atoms with Crippen molar-refractivity contribution in [2.45, 2.75) is 26.1 Å². The van der Waals surface area contributed by atoms with Gasteiger partial charge in [0.05, 0.1) is 5.41 Å². The largest absolute Gasteiger partial charge is 0.312 e. The van der Waals surface area contributed by atoms with Gasteiger partial charge < -0.3 is 5.73 Å². The molecule has 5 nitrogen and oxygen atoms in total. The summed E-state index contributed by atoms with van der Waals surface area (Å²) in [6.07, 6.45) is 0. The predicted octanol–water partition coefficient (Wildman–Crippen LogP) is 0.330. The van der Waals surface area contributed by atoms with Crippen molar-refractivity contribution < 1.29 is 17.8 Å². The van der Waals surface area contributed by atoms with E-state index in [1.54, 1.807) is 0 Å². The smallest absolute Gasteiger partial charge is 0.281 e. The molecule has 0 saturated carbocycles. The third-order valence-electron chi connectivity index (χ3n) is 2.01. The van der Waals surface area contributed by atoms with Crippen molar-refractivity contribution in [1.29, 1.82) is 0 Å². The van der Waals surface area contributed by atoms with Gasteiger partial charge >= 0.3 is 0 Å².